The maximum Gasteiger partial charge on any atom is 0.122 e. The van der Waals surface area contributed by atoms with Crippen molar-refractivity contribution in [1.82, 2.24) is 0 Å². The van der Waals surface area contributed by atoms with Crippen LogP contribution in [-0.2, 0) is 14.9 Å². The summed E-state index contributed by atoms with van der Waals surface area (Å²) < 4.78 is 22.2. The van der Waals surface area contributed by atoms with E-state index in [0.717, 1.165) is 35.8 Å². The van der Waals surface area contributed by atoms with Crippen LogP contribution < -0.4 is 9.47 Å². The van der Waals surface area contributed by atoms with Crippen molar-refractivity contribution in [3.05, 3.63) is 58.7 Å². The van der Waals surface area contributed by atoms with Crippen LogP contribution in [0, 0.1) is 13.8 Å². The first-order valence-corrected chi connectivity index (χ1v) is 9.64. The zero-order valence-electron chi connectivity index (χ0n) is 16.6. The van der Waals surface area contributed by atoms with Gasteiger partial charge in [0.25, 0.3) is 0 Å². The van der Waals surface area contributed by atoms with Gasteiger partial charge in [0.15, 0.2) is 0 Å². The minimum Gasteiger partial charge on any atom is -0.491 e. The van der Waals surface area contributed by atoms with E-state index >= 15 is 0 Å². The smallest absolute Gasteiger partial charge is 0.122 e. The zero-order valence-corrected chi connectivity index (χ0v) is 16.6. The summed E-state index contributed by atoms with van der Waals surface area (Å²) in [7, 11) is 0. The average molecular weight is 368 g/mol. The molecule has 0 saturated carbocycles. The van der Waals surface area contributed by atoms with Gasteiger partial charge in [-0.05, 0) is 48.2 Å². The minimum atomic E-state index is -0.105. The summed E-state index contributed by atoms with van der Waals surface area (Å²) in [4.78, 5) is 0. The van der Waals surface area contributed by atoms with Crippen LogP contribution in [0.3, 0.4) is 0 Å². The summed E-state index contributed by atoms with van der Waals surface area (Å²) in [5, 5.41) is 0. The van der Waals surface area contributed by atoms with Gasteiger partial charge < -0.3 is 18.9 Å². The van der Waals surface area contributed by atoms with E-state index in [1.54, 1.807) is 0 Å². The highest BCUT2D eigenvalue weighted by Gasteiger charge is 2.27. The molecular formula is C23H28O4. The lowest BCUT2D eigenvalue weighted by atomic mass is 9.77. The van der Waals surface area contributed by atoms with Gasteiger partial charge in [-0.3, -0.25) is 0 Å². The predicted octanol–water partition coefficient (Wildman–Crippen LogP) is 4.18. The molecule has 4 heteroatoms. The van der Waals surface area contributed by atoms with Gasteiger partial charge in [0.05, 0.1) is 13.2 Å². The van der Waals surface area contributed by atoms with Crippen LogP contribution >= 0.6 is 0 Å². The van der Waals surface area contributed by atoms with E-state index in [1.807, 2.05) is 0 Å². The van der Waals surface area contributed by atoms with Crippen molar-refractivity contribution >= 4 is 0 Å². The van der Waals surface area contributed by atoms with Crippen LogP contribution in [0.15, 0.2) is 36.4 Å². The lowest BCUT2D eigenvalue weighted by Gasteiger charge is -2.28. The number of rotatable bonds is 8. The Morgan fingerprint density at radius 2 is 1.22 bits per heavy atom. The number of benzene rings is 2. The molecule has 0 bridgehead atoms. The first-order valence-electron chi connectivity index (χ1n) is 9.64. The van der Waals surface area contributed by atoms with Gasteiger partial charge in [-0.25, -0.2) is 0 Å². The highest BCUT2D eigenvalue weighted by Crippen LogP contribution is 2.36. The quantitative estimate of drug-likeness (QED) is 0.656. The summed E-state index contributed by atoms with van der Waals surface area (Å²) in [6.07, 6.45) is 0.548. The number of epoxide rings is 2. The first kappa shape index (κ1) is 18.3. The fraction of sp³-hybridized carbons (Fsp3) is 0.478. The normalized spacial score (nSPS) is 21.0. The molecule has 2 aromatic rings. The van der Waals surface area contributed by atoms with Gasteiger partial charge in [0.2, 0.25) is 0 Å². The van der Waals surface area contributed by atoms with E-state index in [-0.39, 0.29) is 17.6 Å². The molecule has 4 nitrogen and oxygen atoms in total. The molecule has 0 N–H and O–H groups in total. The molecule has 4 rings (SSSR count). The van der Waals surface area contributed by atoms with Crippen LogP contribution in [0.25, 0.3) is 0 Å². The second-order valence-corrected chi connectivity index (χ2v) is 8.12. The molecule has 2 heterocycles. The number of hydrogen-bond acceptors (Lipinski definition) is 4. The highest BCUT2D eigenvalue weighted by molar-refractivity contribution is 5.47. The molecule has 2 aromatic carbocycles. The van der Waals surface area contributed by atoms with Crippen LogP contribution in [-0.4, -0.2) is 38.6 Å². The summed E-state index contributed by atoms with van der Waals surface area (Å²) in [6, 6.07) is 12.9. The van der Waals surface area contributed by atoms with E-state index < -0.39 is 0 Å². The molecule has 2 unspecified atom stereocenters. The van der Waals surface area contributed by atoms with Crippen molar-refractivity contribution in [3.63, 3.8) is 0 Å². The highest BCUT2D eigenvalue weighted by atomic mass is 16.6. The summed E-state index contributed by atoms with van der Waals surface area (Å²) >= 11 is 0. The van der Waals surface area contributed by atoms with E-state index in [9.17, 15) is 0 Å². The van der Waals surface area contributed by atoms with E-state index in [4.69, 9.17) is 18.9 Å². The molecule has 2 atom stereocenters. The van der Waals surface area contributed by atoms with Crippen molar-refractivity contribution in [2.24, 2.45) is 0 Å². The molecule has 0 amide bonds. The molecule has 0 spiro atoms. The third-order valence-corrected chi connectivity index (χ3v) is 5.45. The average Bonchev–Trinajstić information content (AvgIpc) is 3.54. The van der Waals surface area contributed by atoms with Gasteiger partial charge in [0.1, 0.15) is 36.9 Å². The Kier molecular flexibility index (Phi) is 4.87. The molecule has 2 aliphatic heterocycles. The van der Waals surface area contributed by atoms with Crippen molar-refractivity contribution < 1.29 is 18.9 Å². The maximum atomic E-state index is 5.87. The molecule has 144 valence electrons. The SMILES string of the molecule is Cc1cc(C(C)(C)c2ccc(OCC3CO3)c(C)c2)ccc1OCC1CO1. The van der Waals surface area contributed by atoms with Crippen molar-refractivity contribution in [3.8, 4) is 11.5 Å². The standard InChI is InChI=1S/C23H28O4/c1-15-9-17(5-7-21(15)26-13-19-11-24-19)23(3,4)18-6-8-22(16(2)10-18)27-14-20-12-25-20/h5-10,19-20H,11-14H2,1-4H3. The summed E-state index contributed by atoms with van der Waals surface area (Å²) in [6.45, 7) is 11.6. The minimum absolute atomic E-state index is 0.105. The molecule has 27 heavy (non-hydrogen) atoms. The molecule has 0 radical (unpaired) electrons. The molecule has 2 fully saturated rings. The Hall–Kier alpha value is -2.04. The lowest BCUT2D eigenvalue weighted by molar-refractivity contribution is 0.261. The van der Waals surface area contributed by atoms with Gasteiger partial charge in [-0.15, -0.1) is 0 Å². The Balaban J connectivity index is 1.50. The number of hydrogen-bond donors (Lipinski definition) is 0. The first-order chi connectivity index (χ1) is 12.9. The third-order valence-electron chi connectivity index (χ3n) is 5.45. The Labute approximate surface area is 161 Å². The maximum absolute atomic E-state index is 5.87. The van der Waals surface area contributed by atoms with Gasteiger partial charge >= 0.3 is 0 Å². The Morgan fingerprint density at radius 3 is 1.56 bits per heavy atom. The molecule has 0 aromatic heterocycles. The van der Waals surface area contributed by atoms with Gasteiger partial charge in [0, 0.05) is 5.41 Å². The monoisotopic (exact) mass is 368 g/mol. The fourth-order valence-corrected chi connectivity index (χ4v) is 3.26. The fourth-order valence-electron chi connectivity index (χ4n) is 3.26. The van der Waals surface area contributed by atoms with E-state index in [2.05, 4.69) is 64.1 Å². The van der Waals surface area contributed by atoms with Gasteiger partial charge in [-0.1, -0.05) is 38.1 Å². The van der Waals surface area contributed by atoms with Gasteiger partial charge in [-0.2, -0.15) is 0 Å². The van der Waals surface area contributed by atoms with E-state index in [1.165, 1.54) is 11.1 Å². The third kappa shape index (κ3) is 4.28. The summed E-state index contributed by atoms with van der Waals surface area (Å²) in [5.74, 6) is 1.87. The van der Waals surface area contributed by atoms with Crippen LogP contribution in [0.4, 0.5) is 0 Å². The van der Waals surface area contributed by atoms with Crippen molar-refractivity contribution in [1.29, 1.82) is 0 Å². The Bertz CT molecular complexity index is 752. The molecule has 2 saturated heterocycles. The zero-order chi connectivity index (χ0) is 19.0. The lowest BCUT2D eigenvalue weighted by Crippen LogP contribution is -2.19. The van der Waals surface area contributed by atoms with Crippen LogP contribution in [0.5, 0.6) is 11.5 Å². The van der Waals surface area contributed by atoms with Crippen molar-refractivity contribution in [2.75, 3.05) is 26.4 Å². The van der Waals surface area contributed by atoms with Crippen LogP contribution in [0.2, 0.25) is 0 Å². The predicted molar refractivity (Wildman–Crippen MR) is 105 cm³/mol. The Morgan fingerprint density at radius 1 is 0.815 bits per heavy atom. The number of aryl methyl sites for hydroxylation is 2. The van der Waals surface area contributed by atoms with E-state index in [0.29, 0.717) is 13.2 Å². The summed E-state index contributed by atoms with van der Waals surface area (Å²) in [5.41, 5.74) is 4.75. The molecule has 0 aliphatic carbocycles. The molecule has 2 aliphatic rings. The number of ether oxygens (including phenoxy) is 4. The van der Waals surface area contributed by atoms with Crippen LogP contribution in [0.1, 0.15) is 36.1 Å². The topological polar surface area (TPSA) is 43.5 Å². The second kappa shape index (κ2) is 7.17. The largest absolute Gasteiger partial charge is 0.491 e. The second-order valence-electron chi connectivity index (χ2n) is 8.12. The molecular weight excluding hydrogens is 340 g/mol. The van der Waals surface area contributed by atoms with Crippen molar-refractivity contribution in [2.45, 2.75) is 45.3 Å².